The molecular formula is C16H19ClN4O4. The average Bonchev–Trinajstić information content (AvgIpc) is 2.94. The molecule has 2 amide bonds. The van der Waals surface area contributed by atoms with Gasteiger partial charge in [0.1, 0.15) is 5.60 Å². The van der Waals surface area contributed by atoms with Crippen LogP contribution in [0.25, 0.3) is 11.5 Å². The smallest absolute Gasteiger partial charge is 0.407 e. The van der Waals surface area contributed by atoms with E-state index in [-0.39, 0.29) is 30.8 Å². The lowest BCUT2D eigenvalue weighted by atomic mass is 10.2. The topological polar surface area (TPSA) is 106 Å². The average molecular weight is 367 g/mol. The largest absolute Gasteiger partial charge is 0.444 e. The quantitative estimate of drug-likeness (QED) is 0.841. The van der Waals surface area contributed by atoms with Gasteiger partial charge >= 0.3 is 12.1 Å². The van der Waals surface area contributed by atoms with Crippen LogP contribution in [0.15, 0.2) is 28.7 Å². The lowest BCUT2D eigenvalue weighted by Crippen LogP contribution is -2.34. The van der Waals surface area contributed by atoms with Crippen LogP contribution in [0.1, 0.15) is 27.2 Å². The lowest BCUT2D eigenvalue weighted by molar-refractivity contribution is -0.116. The molecule has 25 heavy (non-hydrogen) atoms. The molecule has 0 saturated heterocycles. The molecule has 8 nitrogen and oxygen atoms in total. The van der Waals surface area contributed by atoms with Gasteiger partial charge in [0, 0.05) is 23.6 Å². The van der Waals surface area contributed by atoms with Crippen molar-refractivity contribution in [2.45, 2.75) is 32.8 Å². The molecule has 9 heteroatoms. The number of hydrogen-bond donors (Lipinski definition) is 2. The number of carbonyl (C=O) groups excluding carboxylic acids is 2. The molecule has 1 heterocycles. The van der Waals surface area contributed by atoms with Crippen LogP contribution in [0.3, 0.4) is 0 Å². The Morgan fingerprint density at radius 1 is 1.20 bits per heavy atom. The summed E-state index contributed by atoms with van der Waals surface area (Å²) in [6, 6.07) is 6.83. The van der Waals surface area contributed by atoms with Gasteiger partial charge in [0.25, 0.3) is 0 Å². The van der Waals surface area contributed by atoms with Gasteiger partial charge in [-0.3, -0.25) is 10.1 Å². The van der Waals surface area contributed by atoms with Crippen LogP contribution in [0.4, 0.5) is 10.8 Å². The van der Waals surface area contributed by atoms with E-state index in [1.54, 1.807) is 45.0 Å². The minimum atomic E-state index is -0.589. The zero-order valence-corrected chi connectivity index (χ0v) is 14.9. The maximum atomic E-state index is 11.8. The van der Waals surface area contributed by atoms with E-state index in [0.717, 1.165) is 0 Å². The van der Waals surface area contributed by atoms with Crippen molar-refractivity contribution >= 4 is 29.6 Å². The summed E-state index contributed by atoms with van der Waals surface area (Å²) in [6.45, 7) is 5.40. The summed E-state index contributed by atoms with van der Waals surface area (Å²) in [5.41, 5.74) is 0.0951. The first kappa shape index (κ1) is 18.7. The summed E-state index contributed by atoms with van der Waals surface area (Å²) in [7, 11) is 0. The van der Waals surface area contributed by atoms with Gasteiger partial charge in [-0.15, -0.1) is 5.10 Å². The van der Waals surface area contributed by atoms with E-state index in [1.165, 1.54) is 0 Å². The number of ether oxygens (including phenoxy) is 1. The van der Waals surface area contributed by atoms with Gasteiger partial charge in [0.2, 0.25) is 11.8 Å². The number of benzene rings is 1. The second-order valence-electron chi connectivity index (χ2n) is 6.15. The molecule has 2 N–H and O–H groups in total. The van der Waals surface area contributed by atoms with E-state index >= 15 is 0 Å². The summed E-state index contributed by atoms with van der Waals surface area (Å²) in [6.07, 6.45) is -0.541. The summed E-state index contributed by atoms with van der Waals surface area (Å²) in [4.78, 5) is 23.3. The fourth-order valence-corrected chi connectivity index (χ4v) is 1.88. The monoisotopic (exact) mass is 366 g/mol. The van der Waals surface area contributed by atoms with E-state index in [0.29, 0.717) is 10.6 Å². The zero-order valence-electron chi connectivity index (χ0n) is 14.1. The Morgan fingerprint density at radius 2 is 1.88 bits per heavy atom. The number of alkyl carbamates (subject to hydrolysis) is 1. The third-order valence-corrected chi connectivity index (χ3v) is 3.03. The Morgan fingerprint density at radius 3 is 2.52 bits per heavy atom. The molecule has 0 aliphatic carbocycles. The number of nitrogens with zero attached hydrogens (tertiary/aromatic N) is 2. The van der Waals surface area contributed by atoms with Crippen LogP contribution >= 0.6 is 11.6 Å². The third kappa shape index (κ3) is 6.42. The number of aromatic nitrogens is 2. The molecule has 2 aromatic rings. The van der Waals surface area contributed by atoms with Crippen molar-refractivity contribution in [1.82, 2.24) is 15.5 Å². The van der Waals surface area contributed by atoms with Crippen molar-refractivity contribution in [1.29, 1.82) is 0 Å². The van der Waals surface area contributed by atoms with Gasteiger partial charge in [0.05, 0.1) is 0 Å². The standard InChI is InChI=1S/C16H19ClN4O4/c1-16(2,3)25-15(23)18-9-8-12(22)19-14-21-20-13(24-14)10-4-6-11(17)7-5-10/h4-7H,8-9H2,1-3H3,(H,18,23)(H,19,21,22). The second-order valence-corrected chi connectivity index (χ2v) is 6.58. The van der Waals surface area contributed by atoms with Crippen molar-refractivity contribution in [2.75, 3.05) is 11.9 Å². The van der Waals surface area contributed by atoms with Crippen LogP contribution in [0.5, 0.6) is 0 Å². The van der Waals surface area contributed by atoms with Crippen molar-refractivity contribution < 1.29 is 18.7 Å². The number of amides is 2. The van der Waals surface area contributed by atoms with Gasteiger partial charge in [-0.1, -0.05) is 16.7 Å². The molecule has 0 aliphatic rings. The summed E-state index contributed by atoms with van der Waals surface area (Å²) >= 11 is 5.82. The number of anilines is 1. The van der Waals surface area contributed by atoms with Crippen molar-refractivity contribution in [2.24, 2.45) is 0 Å². The molecule has 134 valence electrons. The maximum Gasteiger partial charge on any atom is 0.407 e. The number of carbonyl (C=O) groups is 2. The minimum absolute atomic E-state index is 0.0211. The van der Waals surface area contributed by atoms with Crippen LogP contribution in [0, 0.1) is 0 Å². The van der Waals surface area contributed by atoms with Gasteiger partial charge in [-0.05, 0) is 45.0 Å². The molecule has 0 fully saturated rings. The predicted molar refractivity (Wildman–Crippen MR) is 92.2 cm³/mol. The van der Waals surface area contributed by atoms with Crippen molar-refractivity contribution in [3.05, 3.63) is 29.3 Å². The zero-order chi connectivity index (χ0) is 18.4. The summed E-state index contributed by atoms with van der Waals surface area (Å²) in [5, 5.41) is 13.2. The van der Waals surface area contributed by atoms with Crippen LogP contribution in [0.2, 0.25) is 5.02 Å². The molecule has 1 aromatic heterocycles. The van der Waals surface area contributed by atoms with Gasteiger partial charge in [0.15, 0.2) is 0 Å². The van der Waals surface area contributed by atoms with Crippen molar-refractivity contribution in [3.63, 3.8) is 0 Å². The molecular weight excluding hydrogens is 348 g/mol. The van der Waals surface area contributed by atoms with Crippen LogP contribution < -0.4 is 10.6 Å². The highest BCUT2D eigenvalue weighted by Gasteiger charge is 2.16. The SMILES string of the molecule is CC(C)(C)OC(=O)NCCC(=O)Nc1nnc(-c2ccc(Cl)cc2)o1. The highest BCUT2D eigenvalue weighted by molar-refractivity contribution is 6.30. The number of hydrogen-bond acceptors (Lipinski definition) is 6. The Labute approximate surface area is 149 Å². The highest BCUT2D eigenvalue weighted by atomic mass is 35.5. The van der Waals surface area contributed by atoms with Gasteiger partial charge in [-0.2, -0.15) is 0 Å². The Hall–Kier alpha value is -2.61. The van der Waals surface area contributed by atoms with Crippen molar-refractivity contribution in [3.8, 4) is 11.5 Å². The van der Waals surface area contributed by atoms with E-state index in [2.05, 4.69) is 20.8 Å². The number of nitrogens with one attached hydrogen (secondary N) is 2. The molecule has 0 atom stereocenters. The molecule has 0 unspecified atom stereocenters. The van der Waals surface area contributed by atoms with Crippen LogP contribution in [-0.4, -0.2) is 34.3 Å². The Balaban J connectivity index is 1.79. The van der Waals surface area contributed by atoms with E-state index < -0.39 is 11.7 Å². The fourth-order valence-electron chi connectivity index (χ4n) is 1.76. The molecule has 0 spiro atoms. The highest BCUT2D eigenvalue weighted by Crippen LogP contribution is 2.21. The van der Waals surface area contributed by atoms with E-state index in [4.69, 9.17) is 20.8 Å². The molecule has 1 aromatic carbocycles. The molecule has 0 saturated carbocycles. The second kappa shape index (κ2) is 7.98. The first-order valence-electron chi connectivity index (χ1n) is 7.59. The Kier molecular flexibility index (Phi) is 5.97. The normalized spacial score (nSPS) is 11.0. The fraction of sp³-hybridized carbons (Fsp3) is 0.375. The maximum absolute atomic E-state index is 11.8. The van der Waals surface area contributed by atoms with Crippen LogP contribution in [-0.2, 0) is 9.53 Å². The first-order chi connectivity index (χ1) is 11.7. The minimum Gasteiger partial charge on any atom is -0.444 e. The molecule has 0 bridgehead atoms. The summed E-state index contributed by atoms with van der Waals surface area (Å²) < 4.78 is 10.4. The van der Waals surface area contributed by atoms with Gasteiger partial charge < -0.3 is 14.5 Å². The first-order valence-corrected chi connectivity index (χ1v) is 7.97. The number of halogens is 1. The third-order valence-electron chi connectivity index (χ3n) is 2.78. The Bertz CT molecular complexity index is 737. The molecule has 0 radical (unpaired) electrons. The molecule has 2 rings (SSSR count). The lowest BCUT2D eigenvalue weighted by Gasteiger charge is -2.19. The number of rotatable bonds is 5. The molecule has 0 aliphatic heterocycles. The summed E-state index contributed by atoms with van der Waals surface area (Å²) in [5.74, 6) is -0.110. The van der Waals surface area contributed by atoms with Gasteiger partial charge in [-0.25, -0.2) is 4.79 Å². The predicted octanol–water partition coefficient (Wildman–Crippen LogP) is 3.24. The van der Waals surface area contributed by atoms with E-state index in [9.17, 15) is 9.59 Å². The van der Waals surface area contributed by atoms with E-state index in [1.807, 2.05) is 0 Å².